The average Bonchev–Trinajstić information content (AvgIpc) is 2.74. The lowest BCUT2D eigenvalue weighted by molar-refractivity contribution is 0.0523. The molecule has 2 N–H and O–H groups in total. The van der Waals surface area contributed by atoms with Crippen LogP contribution < -0.4 is 15.2 Å². The number of aromatic amines is 1. The zero-order valence-electron chi connectivity index (χ0n) is 17.3. The van der Waals surface area contributed by atoms with Crippen LogP contribution in [0, 0.1) is 0 Å². The number of H-pyrrole nitrogens is 1. The standard InChI is InChI=1S/C21H26N4O5/c1-4-30-21(28)17-18(26)16(13-22-14-5-7-15(29-3)8-6-14)20(27)23-19(17)25-11-9-24(2)10-12-25/h5-8,13H,4,9-12H2,1-3H3,(H2,23,26,27). The molecule has 9 nitrogen and oxygen atoms in total. The number of aliphatic imine (C=N–C) groups is 1. The van der Waals surface area contributed by atoms with Crippen molar-refractivity contribution in [3.63, 3.8) is 0 Å². The topological polar surface area (TPSA) is 107 Å². The van der Waals surface area contributed by atoms with Crippen molar-refractivity contribution in [1.29, 1.82) is 0 Å². The summed E-state index contributed by atoms with van der Waals surface area (Å²) in [6.07, 6.45) is 1.24. The van der Waals surface area contributed by atoms with Gasteiger partial charge in [0.2, 0.25) is 0 Å². The second kappa shape index (κ2) is 9.45. The third-order valence-electron chi connectivity index (χ3n) is 4.92. The zero-order chi connectivity index (χ0) is 21.7. The van der Waals surface area contributed by atoms with Gasteiger partial charge >= 0.3 is 5.97 Å². The fourth-order valence-corrected chi connectivity index (χ4v) is 3.18. The molecule has 1 fully saturated rings. The number of anilines is 1. The minimum Gasteiger partial charge on any atom is -0.506 e. The summed E-state index contributed by atoms with van der Waals surface area (Å²) in [5.41, 5.74) is -0.133. The number of esters is 1. The minimum absolute atomic E-state index is 0.0582. The molecule has 0 radical (unpaired) electrons. The molecule has 0 amide bonds. The van der Waals surface area contributed by atoms with Gasteiger partial charge in [-0.1, -0.05) is 0 Å². The summed E-state index contributed by atoms with van der Waals surface area (Å²) < 4.78 is 10.2. The Balaban J connectivity index is 2.01. The quantitative estimate of drug-likeness (QED) is 0.548. The number of carbonyl (C=O) groups is 1. The molecule has 0 spiro atoms. The van der Waals surface area contributed by atoms with E-state index in [1.165, 1.54) is 6.21 Å². The number of likely N-dealkylation sites (N-methyl/N-ethyl adjacent to an activating group) is 1. The summed E-state index contributed by atoms with van der Waals surface area (Å²) in [5.74, 6) is -0.191. The van der Waals surface area contributed by atoms with Gasteiger partial charge in [-0.25, -0.2) is 4.79 Å². The molecule has 3 rings (SSSR count). The monoisotopic (exact) mass is 414 g/mol. The first-order valence-electron chi connectivity index (χ1n) is 9.72. The highest BCUT2D eigenvalue weighted by atomic mass is 16.5. The zero-order valence-corrected chi connectivity index (χ0v) is 17.3. The predicted octanol–water partition coefficient (Wildman–Crippen LogP) is 1.77. The fourth-order valence-electron chi connectivity index (χ4n) is 3.18. The van der Waals surface area contributed by atoms with Crippen LogP contribution in [-0.4, -0.2) is 74.1 Å². The van der Waals surface area contributed by atoms with Gasteiger partial charge in [-0.05, 0) is 38.2 Å². The van der Waals surface area contributed by atoms with Crippen molar-refractivity contribution in [2.24, 2.45) is 4.99 Å². The normalized spacial score (nSPS) is 14.8. The second-order valence-corrected chi connectivity index (χ2v) is 6.91. The smallest absolute Gasteiger partial charge is 0.345 e. The average molecular weight is 414 g/mol. The van der Waals surface area contributed by atoms with E-state index in [1.807, 2.05) is 11.9 Å². The van der Waals surface area contributed by atoms with Crippen LogP contribution in [0.4, 0.5) is 11.5 Å². The van der Waals surface area contributed by atoms with Crippen molar-refractivity contribution >= 4 is 23.7 Å². The first kappa shape index (κ1) is 21.4. The van der Waals surface area contributed by atoms with Crippen LogP contribution in [0.5, 0.6) is 11.5 Å². The highest BCUT2D eigenvalue weighted by Gasteiger charge is 2.28. The van der Waals surface area contributed by atoms with Crippen molar-refractivity contribution in [2.75, 3.05) is 51.8 Å². The molecule has 1 aliphatic rings. The van der Waals surface area contributed by atoms with E-state index in [2.05, 4.69) is 14.9 Å². The lowest BCUT2D eigenvalue weighted by Gasteiger charge is -2.34. The molecule has 1 aromatic heterocycles. The molecular formula is C21H26N4O5. The highest BCUT2D eigenvalue weighted by molar-refractivity contribution is 6.01. The van der Waals surface area contributed by atoms with Crippen LogP contribution in [0.15, 0.2) is 34.1 Å². The highest BCUT2D eigenvalue weighted by Crippen LogP contribution is 2.29. The largest absolute Gasteiger partial charge is 0.506 e. The Hall–Kier alpha value is -3.33. The van der Waals surface area contributed by atoms with E-state index in [0.717, 1.165) is 13.1 Å². The van der Waals surface area contributed by atoms with Gasteiger partial charge in [0.15, 0.2) is 0 Å². The molecule has 160 valence electrons. The Morgan fingerprint density at radius 1 is 1.23 bits per heavy atom. The van der Waals surface area contributed by atoms with E-state index < -0.39 is 17.3 Å². The Kier molecular flexibility index (Phi) is 6.73. The number of methoxy groups -OCH3 is 1. The van der Waals surface area contributed by atoms with Crippen LogP contribution in [0.1, 0.15) is 22.8 Å². The van der Waals surface area contributed by atoms with Crippen LogP contribution in [-0.2, 0) is 4.74 Å². The van der Waals surface area contributed by atoms with Crippen molar-refractivity contribution in [3.05, 3.63) is 45.7 Å². The van der Waals surface area contributed by atoms with E-state index in [-0.39, 0.29) is 23.6 Å². The third-order valence-corrected chi connectivity index (χ3v) is 4.92. The number of carbonyl (C=O) groups excluding carboxylic acids is 1. The predicted molar refractivity (Wildman–Crippen MR) is 115 cm³/mol. The van der Waals surface area contributed by atoms with Gasteiger partial charge < -0.3 is 29.4 Å². The molecule has 9 heteroatoms. The van der Waals surface area contributed by atoms with E-state index in [9.17, 15) is 14.7 Å². The van der Waals surface area contributed by atoms with E-state index >= 15 is 0 Å². The van der Waals surface area contributed by atoms with E-state index in [4.69, 9.17) is 9.47 Å². The maximum absolute atomic E-state index is 12.7. The van der Waals surface area contributed by atoms with Crippen molar-refractivity contribution in [2.45, 2.75) is 6.92 Å². The SMILES string of the molecule is CCOC(=O)c1c(N2CCN(C)CC2)[nH]c(=O)c(C=Nc2ccc(OC)cc2)c1O. The summed E-state index contributed by atoms with van der Waals surface area (Å²) in [4.78, 5) is 36.3. The maximum Gasteiger partial charge on any atom is 0.345 e. The number of pyridine rings is 1. The summed E-state index contributed by atoms with van der Waals surface area (Å²) in [6.45, 7) is 4.59. The number of ether oxygens (including phenoxy) is 2. The lowest BCUT2D eigenvalue weighted by atomic mass is 10.1. The van der Waals surface area contributed by atoms with Crippen LogP contribution >= 0.6 is 0 Å². The minimum atomic E-state index is -0.695. The van der Waals surface area contributed by atoms with Gasteiger partial charge in [-0.15, -0.1) is 0 Å². The summed E-state index contributed by atoms with van der Waals surface area (Å²) >= 11 is 0. The van der Waals surface area contributed by atoms with Gasteiger partial charge in [0.05, 0.1) is 19.4 Å². The number of benzene rings is 1. The van der Waals surface area contributed by atoms with Gasteiger partial charge in [-0.3, -0.25) is 9.79 Å². The fraction of sp³-hybridized carbons (Fsp3) is 0.381. The number of rotatable bonds is 6. The van der Waals surface area contributed by atoms with Gasteiger partial charge in [0.25, 0.3) is 5.56 Å². The Labute approximate surface area is 174 Å². The molecule has 2 aromatic rings. The van der Waals surface area contributed by atoms with Gasteiger partial charge in [0.1, 0.15) is 28.4 Å². The maximum atomic E-state index is 12.7. The summed E-state index contributed by atoms with van der Waals surface area (Å²) in [5, 5.41) is 10.8. The van der Waals surface area contributed by atoms with Crippen LogP contribution in [0.2, 0.25) is 0 Å². The van der Waals surface area contributed by atoms with Crippen molar-refractivity contribution < 1.29 is 19.4 Å². The first-order valence-corrected chi connectivity index (χ1v) is 9.72. The number of piperazine rings is 1. The lowest BCUT2D eigenvalue weighted by Crippen LogP contribution is -2.46. The number of hydrogen-bond donors (Lipinski definition) is 2. The van der Waals surface area contributed by atoms with E-state index in [0.29, 0.717) is 24.5 Å². The Morgan fingerprint density at radius 2 is 1.90 bits per heavy atom. The number of hydrogen-bond acceptors (Lipinski definition) is 8. The third kappa shape index (κ3) is 4.62. The molecule has 0 aliphatic carbocycles. The van der Waals surface area contributed by atoms with Crippen molar-refractivity contribution in [1.82, 2.24) is 9.88 Å². The molecule has 30 heavy (non-hydrogen) atoms. The first-order chi connectivity index (χ1) is 14.4. The van der Waals surface area contributed by atoms with Crippen LogP contribution in [0.3, 0.4) is 0 Å². The Morgan fingerprint density at radius 3 is 2.50 bits per heavy atom. The molecule has 0 saturated carbocycles. The molecule has 0 atom stereocenters. The molecule has 1 aromatic carbocycles. The number of aromatic nitrogens is 1. The summed E-state index contributed by atoms with van der Waals surface area (Å²) in [7, 11) is 3.57. The Bertz CT molecular complexity index is 976. The summed E-state index contributed by atoms with van der Waals surface area (Å²) in [6, 6.07) is 6.89. The number of nitrogens with one attached hydrogen (secondary N) is 1. The molecule has 2 heterocycles. The molecule has 0 bridgehead atoms. The molecular weight excluding hydrogens is 388 g/mol. The molecule has 1 aliphatic heterocycles. The van der Waals surface area contributed by atoms with Gasteiger partial charge in [-0.2, -0.15) is 0 Å². The second-order valence-electron chi connectivity index (χ2n) is 6.91. The van der Waals surface area contributed by atoms with Crippen molar-refractivity contribution in [3.8, 4) is 11.5 Å². The number of nitrogens with zero attached hydrogens (tertiary/aromatic N) is 3. The van der Waals surface area contributed by atoms with Gasteiger partial charge in [0, 0.05) is 32.4 Å². The number of aromatic hydroxyl groups is 1. The van der Waals surface area contributed by atoms with E-state index in [1.54, 1.807) is 38.3 Å². The molecule has 1 saturated heterocycles. The van der Waals surface area contributed by atoms with Crippen LogP contribution in [0.25, 0.3) is 0 Å². The molecule has 0 unspecified atom stereocenters.